The van der Waals surface area contributed by atoms with Gasteiger partial charge in [-0.2, -0.15) is 0 Å². The highest BCUT2D eigenvalue weighted by Crippen LogP contribution is 2.15. The summed E-state index contributed by atoms with van der Waals surface area (Å²) in [6, 6.07) is 0. The van der Waals surface area contributed by atoms with Crippen LogP contribution in [0.25, 0.3) is 0 Å². The Morgan fingerprint density at radius 1 is 1.70 bits per heavy atom. The van der Waals surface area contributed by atoms with E-state index < -0.39 is 0 Å². The molecule has 10 heavy (non-hydrogen) atoms. The molecule has 0 atom stereocenters. The van der Waals surface area contributed by atoms with Crippen molar-refractivity contribution in [1.82, 2.24) is 5.16 Å². The van der Waals surface area contributed by atoms with Gasteiger partial charge in [-0.15, -0.1) is 0 Å². The smallest absolute Gasteiger partial charge is 0.215 e. The Morgan fingerprint density at radius 2 is 2.30 bits per heavy atom. The fourth-order valence-corrected chi connectivity index (χ4v) is 1.15. The van der Waals surface area contributed by atoms with Gasteiger partial charge in [0.1, 0.15) is 0 Å². The Labute approximate surface area is 71.9 Å². The molecule has 0 aliphatic rings. The normalized spacial score (nSPS) is 9.90. The Kier molecular flexibility index (Phi) is 2.08. The third-order valence-electron chi connectivity index (χ3n) is 1.11. The topological polar surface area (TPSA) is 43.1 Å². The minimum absolute atomic E-state index is 0.0787. The zero-order chi connectivity index (χ0) is 7.72. The molecule has 0 N–H and O–H groups in total. The Morgan fingerprint density at radius 3 is 2.50 bits per heavy atom. The van der Waals surface area contributed by atoms with E-state index in [0.29, 0.717) is 5.76 Å². The third-order valence-corrected chi connectivity index (χ3v) is 2.38. The Bertz CT molecular complexity index is 267. The molecule has 54 valence electrons. The molecule has 0 fully saturated rings. The second kappa shape index (κ2) is 2.69. The largest absolute Gasteiger partial charge is 0.352 e. The average molecular weight is 251 g/mol. The van der Waals surface area contributed by atoms with E-state index in [1.54, 1.807) is 6.92 Å². The van der Waals surface area contributed by atoms with Crippen LogP contribution in [0.3, 0.4) is 0 Å². The Balaban J connectivity index is 3.17. The number of nitrogens with zero attached hydrogens (tertiary/aromatic N) is 1. The highest BCUT2D eigenvalue weighted by molar-refractivity contribution is 14.1. The maximum Gasteiger partial charge on any atom is 0.215 e. The number of carbonyl (C=O) groups excluding carboxylic acids is 1. The summed E-state index contributed by atoms with van der Waals surface area (Å²) < 4.78 is 5.56. The van der Waals surface area contributed by atoms with E-state index >= 15 is 0 Å². The molecule has 3 nitrogen and oxygen atoms in total. The highest BCUT2D eigenvalue weighted by Gasteiger charge is 2.13. The SMILES string of the molecule is CC(=O)c1onc(C)c1I. The number of aryl methyl sites for hydroxylation is 1. The molecule has 0 spiro atoms. The average Bonchev–Trinajstić information content (AvgIpc) is 2.14. The lowest BCUT2D eigenvalue weighted by molar-refractivity contribution is 0.0977. The molecule has 4 heteroatoms. The summed E-state index contributed by atoms with van der Waals surface area (Å²) in [6.45, 7) is 3.26. The number of halogens is 1. The van der Waals surface area contributed by atoms with E-state index in [0.717, 1.165) is 9.26 Å². The third kappa shape index (κ3) is 1.21. The molecule has 0 bridgehead atoms. The Hall–Kier alpha value is -0.390. The summed E-state index contributed by atoms with van der Waals surface area (Å²) >= 11 is 2.04. The summed E-state index contributed by atoms with van der Waals surface area (Å²) in [5.41, 5.74) is 0.769. The van der Waals surface area contributed by atoms with Gasteiger partial charge in [0, 0.05) is 6.92 Å². The second-order valence-electron chi connectivity index (χ2n) is 1.97. The minimum atomic E-state index is -0.0787. The standard InChI is InChI=1S/C6H6INO2/c1-3-5(7)6(4(2)9)10-8-3/h1-2H3. The molecule has 0 aromatic carbocycles. The van der Waals surface area contributed by atoms with Crippen molar-refractivity contribution in [3.8, 4) is 0 Å². The van der Waals surface area contributed by atoms with Gasteiger partial charge in [-0.25, -0.2) is 0 Å². The number of rotatable bonds is 1. The maximum atomic E-state index is 10.7. The van der Waals surface area contributed by atoms with Crippen LogP contribution >= 0.6 is 22.6 Å². The van der Waals surface area contributed by atoms with E-state index in [4.69, 9.17) is 4.52 Å². The molecule has 1 rings (SSSR count). The van der Waals surface area contributed by atoms with E-state index in [9.17, 15) is 4.79 Å². The van der Waals surface area contributed by atoms with Crippen molar-refractivity contribution < 1.29 is 9.32 Å². The van der Waals surface area contributed by atoms with Crippen LogP contribution in [0.5, 0.6) is 0 Å². The fraction of sp³-hybridized carbons (Fsp3) is 0.333. The van der Waals surface area contributed by atoms with Gasteiger partial charge in [0.05, 0.1) is 9.26 Å². The first-order chi connectivity index (χ1) is 4.63. The summed E-state index contributed by atoms with van der Waals surface area (Å²) in [5, 5.41) is 3.63. The van der Waals surface area contributed by atoms with Crippen LogP contribution in [0.15, 0.2) is 4.52 Å². The van der Waals surface area contributed by atoms with Crippen LogP contribution < -0.4 is 0 Å². The summed E-state index contributed by atoms with van der Waals surface area (Å²) in [4.78, 5) is 10.7. The summed E-state index contributed by atoms with van der Waals surface area (Å²) in [5.74, 6) is 0.281. The second-order valence-corrected chi connectivity index (χ2v) is 3.05. The molecule has 0 saturated carbocycles. The molecule has 1 aromatic rings. The zero-order valence-electron chi connectivity index (χ0n) is 5.64. The summed E-state index contributed by atoms with van der Waals surface area (Å²) in [7, 11) is 0. The predicted molar refractivity (Wildman–Crippen MR) is 44.0 cm³/mol. The van der Waals surface area contributed by atoms with Gasteiger partial charge in [-0.05, 0) is 29.5 Å². The van der Waals surface area contributed by atoms with Crippen molar-refractivity contribution in [2.24, 2.45) is 0 Å². The van der Waals surface area contributed by atoms with Crippen molar-refractivity contribution >= 4 is 28.4 Å². The lowest BCUT2D eigenvalue weighted by atomic mass is 10.3. The highest BCUT2D eigenvalue weighted by atomic mass is 127. The number of carbonyl (C=O) groups is 1. The molecular formula is C6H6INO2. The number of aromatic nitrogens is 1. The molecule has 1 heterocycles. The molecule has 0 aliphatic carbocycles. The lowest BCUT2D eigenvalue weighted by Crippen LogP contribution is -1.90. The van der Waals surface area contributed by atoms with Gasteiger partial charge in [0.25, 0.3) is 0 Å². The van der Waals surface area contributed by atoms with Gasteiger partial charge >= 0.3 is 0 Å². The van der Waals surface area contributed by atoms with Crippen LogP contribution in [-0.4, -0.2) is 10.9 Å². The molecule has 0 radical (unpaired) electrons. The molecule has 0 aliphatic heterocycles. The van der Waals surface area contributed by atoms with Crippen molar-refractivity contribution in [2.45, 2.75) is 13.8 Å². The minimum Gasteiger partial charge on any atom is -0.352 e. The van der Waals surface area contributed by atoms with Crippen LogP contribution in [-0.2, 0) is 0 Å². The number of ketones is 1. The number of hydrogen-bond donors (Lipinski definition) is 0. The van der Waals surface area contributed by atoms with E-state index in [1.807, 2.05) is 22.6 Å². The van der Waals surface area contributed by atoms with Crippen LogP contribution in [0.2, 0.25) is 0 Å². The van der Waals surface area contributed by atoms with Crippen molar-refractivity contribution in [3.05, 3.63) is 15.0 Å². The molecule has 0 amide bonds. The molecule has 0 unspecified atom stereocenters. The maximum absolute atomic E-state index is 10.7. The fourth-order valence-electron chi connectivity index (χ4n) is 0.577. The number of hydrogen-bond acceptors (Lipinski definition) is 3. The monoisotopic (exact) mass is 251 g/mol. The van der Waals surface area contributed by atoms with Gasteiger partial charge in [0.2, 0.25) is 5.76 Å². The van der Waals surface area contributed by atoms with Gasteiger partial charge in [0.15, 0.2) is 5.78 Å². The zero-order valence-corrected chi connectivity index (χ0v) is 7.80. The van der Waals surface area contributed by atoms with Gasteiger partial charge < -0.3 is 4.52 Å². The molecule has 1 aromatic heterocycles. The van der Waals surface area contributed by atoms with Crippen molar-refractivity contribution in [2.75, 3.05) is 0 Å². The van der Waals surface area contributed by atoms with Crippen LogP contribution in [0, 0.1) is 10.5 Å². The first kappa shape index (κ1) is 7.71. The van der Waals surface area contributed by atoms with E-state index in [1.165, 1.54) is 6.92 Å². The molecular weight excluding hydrogens is 245 g/mol. The van der Waals surface area contributed by atoms with E-state index in [2.05, 4.69) is 5.16 Å². The predicted octanol–water partition coefficient (Wildman–Crippen LogP) is 1.79. The van der Waals surface area contributed by atoms with Gasteiger partial charge in [-0.3, -0.25) is 4.79 Å². The van der Waals surface area contributed by atoms with E-state index in [-0.39, 0.29) is 5.78 Å². The first-order valence-corrected chi connectivity index (χ1v) is 3.83. The van der Waals surface area contributed by atoms with Gasteiger partial charge in [-0.1, -0.05) is 5.16 Å². The first-order valence-electron chi connectivity index (χ1n) is 2.75. The van der Waals surface area contributed by atoms with Crippen LogP contribution in [0.1, 0.15) is 23.2 Å². The quantitative estimate of drug-likeness (QED) is 0.564. The number of Topliss-reactive ketones (excluding diaryl/α,β-unsaturated/α-hetero) is 1. The summed E-state index contributed by atoms with van der Waals surface area (Å²) in [6.07, 6.45) is 0. The molecule has 0 saturated heterocycles. The van der Waals surface area contributed by atoms with Crippen LogP contribution in [0.4, 0.5) is 0 Å². The lowest BCUT2D eigenvalue weighted by Gasteiger charge is -1.84. The van der Waals surface area contributed by atoms with Crippen molar-refractivity contribution in [3.63, 3.8) is 0 Å². The van der Waals surface area contributed by atoms with Crippen molar-refractivity contribution in [1.29, 1.82) is 0 Å².